The van der Waals surface area contributed by atoms with Gasteiger partial charge in [-0.25, -0.2) is 13.8 Å². The third kappa shape index (κ3) is 4.13. The van der Waals surface area contributed by atoms with Crippen molar-refractivity contribution in [1.29, 1.82) is 0 Å². The number of halogens is 2. The molecule has 0 aliphatic heterocycles. The number of allylic oxidation sites excluding steroid dienone is 1. The van der Waals surface area contributed by atoms with Crippen LogP contribution in [-0.4, -0.2) is 21.9 Å². The largest absolute Gasteiger partial charge is 0.434 e. The minimum Gasteiger partial charge on any atom is -0.434 e. The summed E-state index contributed by atoms with van der Waals surface area (Å²) in [5.74, 6) is -1.92. The Morgan fingerprint density at radius 3 is 2.70 bits per heavy atom. The van der Waals surface area contributed by atoms with Crippen LogP contribution in [0, 0.1) is 17.0 Å². The molecule has 1 aromatic carbocycles. The van der Waals surface area contributed by atoms with Gasteiger partial charge in [-0.3, -0.25) is 9.78 Å². The van der Waals surface area contributed by atoms with E-state index in [1.54, 1.807) is 6.08 Å². The van der Waals surface area contributed by atoms with Gasteiger partial charge >= 0.3 is 0 Å². The summed E-state index contributed by atoms with van der Waals surface area (Å²) in [6.45, 7) is 8.06. The van der Waals surface area contributed by atoms with Crippen molar-refractivity contribution in [2.75, 3.05) is 0 Å². The molecule has 7 heteroatoms. The standard InChI is InChI=1S/C20H21F2N3O2/c1-11(20(2,3)4)24-19(26)13-6-7-15-18(13)25-17(10-23-15)27-16-8-5-12(21)9-14(16)22/h5-6,8-11H,7H2,1-4H3,(H,24,26)/t11-/m0/s1. The minimum atomic E-state index is -0.843. The first-order chi connectivity index (χ1) is 12.6. The van der Waals surface area contributed by atoms with E-state index in [4.69, 9.17) is 4.74 Å². The number of fused-ring (bicyclic) bond motifs is 1. The van der Waals surface area contributed by atoms with E-state index in [9.17, 15) is 13.6 Å². The zero-order valence-corrected chi connectivity index (χ0v) is 15.6. The molecule has 1 aliphatic rings. The van der Waals surface area contributed by atoms with E-state index in [2.05, 4.69) is 15.3 Å². The molecule has 1 aliphatic carbocycles. The Balaban J connectivity index is 1.81. The second kappa shape index (κ2) is 7.06. The summed E-state index contributed by atoms with van der Waals surface area (Å²) in [5.41, 5.74) is 1.39. The molecule has 3 rings (SSSR count). The van der Waals surface area contributed by atoms with Gasteiger partial charge in [-0.05, 0) is 24.5 Å². The van der Waals surface area contributed by atoms with E-state index in [0.29, 0.717) is 23.4 Å². The number of hydrogen-bond acceptors (Lipinski definition) is 4. The highest BCUT2D eigenvalue weighted by atomic mass is 19.1. The third-order valence-corrected chi connectivity index (χ3v) is 4.58. The molecule has 0 fully saturated rings. The first kappa shape index (κ1) is 18.9. The number of aromatic nitrogens is 2. The van der Waals surface area contributed by atoms with Crippen molar-refractivity contribution in [2.45, 2.75) is 40.2 Å². The lowest BCUT2D eigenvalue weighted by Crippen LogP contribution is -2.41. The van der Waals surface area contributed by atoms with Crippen molar-refractivity contribution in [1.82, 2.24) is 15.3 Å². The molecule has 142 valence electrons. The normalized spacial score (nSPS) is 14.4. The Hall–Kier alpha value is -2.83. The maximum absolute atomic E-state index is 13.8. The van der Waals surface area contributed by atoms with Crippen LogP contribution >= 0.6 is 0 Å². The van der Waals surface area contributed by atoms with Crippen LogP contribution < -0.4 is 10.1 Å². The molecular weight excluding hydrogens is 352 g/mol. The van der Waals surface area contributed by atoms with Crippen molar-refractivity contribution in [3.63, 3.8) is 0 Å². The highest BCUT2D eigenvalue weighted by Crippen LogP contribution is 2.29. The molecule has 1 aromatic heterocycles. The second-order valence-corrected chi connectivity index (χ2v) is 7.56. The molecule has 0 unspecified atom stereocenters. The van der Waals surface area contributed by atoms with E-state index in [1.807, 2.05) is 27.7 Å². The van der Waals surface area contributed by atoms with E-state index in [-0.39, 0.29) is 29.0 Å². The quantitative estimate of drug-likeness (QED) is 0.879. The van der Waals surface area contributed by atoms with Gasteiger partial charge in [-0.2, -0.15) is 0 Å². The smallest absolute Gasteiger partial charge is 0.253 e. The number of benzene rings is 1. The first-order valence-corrected chi connectivity index (χ1v) is 8.65. The molecule has 0 spiro atoms. The Kier molecular flexibility index (Phi) is 4.95. The summed E-state index contributed by atoms with van der Waals surface area (Å²) >= 11 is 0. The van der Waals surface area contributed by atoms with Crippen LogP contribution in [0.1, 0.15) is 39.1 Å². The zero-order valence-electron chi connectivity index (χ0n) is 15.6. The average molecular weight is 373 g/mol. The van der Waals surface area contributed by atoms with Gasteiger partial charge in [0, 0.05) is 18.5 Å². The van der Waals surface area contributed by atoms with Crippen molar-refractivity contribution in [3.8, 4) is 11.6 Å². The molecule has 0 saturated heterocycles. The molecule has 2 aromatic rings. The number of carbonyl (C=O) groups is 1. The molecule has 5 nitrogen and oxygen atoms in total. The number of amides is 1. The summed E-state index contributed by atoms with van der Waals surface area (Å²) in [4.78, 5) is 21.2. The van der Waals surface area contributed by atoms with Gasteiger partial charge in [0.15, 0.2) is 11.6 Å². The summed E-state index contributed by atoms with van der Waals surface area (Å²) in [6.07, 6.45) is 3.60. The van der Waals surface area contributed by atoms with Crippen LogP contribution in [0.15, 0.2) is 30.5 Å². The first-order valence-electron chi connectivity index (χ1n) is 8.65. The van der Waals surface area contributed by atoms with Crippen molar-refractivity contribution >= 4 is 11.5 Å². The molecule has 1 amide bonds. The Labute approximate surface area is 156 Å². The molecule has 27 heavy (non-hydrogen) atoms. The van der Waals surface area contributed by atoms with Gasteiger partial charge in [0.2, 0.25) is 5.88 Å². The maximum Gasteiger partial charge on any atom is 0.253 e. The van der Waals surface area contributed by atoms with E-state index in [1.165, 1.54) is 12.3 Å². The highest BCUT2D eigenvalue weighted by Gasteiger charge is 2.28. The summed E-state index contributed by atoms with van der Waals surface area (Å²) in [7, 11) is 0. The minimum absolute atomic E-state index is 0.0312. The van der Waals surface area contributed by atoms with Crippen LogP contribution in [0.25, 0.3) is 5.57 Å². The lowest BCUT2D eigenvalue weighted by atomic mass is 9.88. The van der Waals surface area contributed by atoms with Crippen molar-refractivity contribution < 1.29 is 18.3 Å². The van der Waals surface area contributed by atoms with E-state index >= 15 is 0 Å². The lowest BCUT2D eigenvalue weighted by molar-refractivity contribution is -0.116. The second-order valence-electron chi connectivity index (χ2n) is 7.56. The Morgan fingerprint density at radius 1 is 1.30 bits per heavy atom. The van der Waals surface area contributed by atoms with Gasteiger partial charge < -0.3 is 10.1 Å². The van der Waals surface area contributed by atoms with Crippen LogP contribution in [0.4, 0.5) is 8.78 Å². The van der Waals surface area contributed by atoms with Gasteiger partial charge in [0.05, 0.1) is 17.5 Å². The fraction of sp³-hybridized carbons (Fsp3) is 0.350. The topological polar surface area (TPSA) is 64.1 Å². The summed E-state index contributed by atoms with van der Waals surface area (Å²) in [6, 6.07) is 2.94. The summed E-state index contributed by atoms with van der Waals surface area (Å²) < 4.78 is 32.2. The van der Waals surface area contributed by atoms with E-state index < -0.39 is 11.6 Å². The van der Waals surface area contributed by atoms with Crippen LogP contribution in [0.5, 0.6) is 11.6 Å². The Bertz CT molecular complexity index is 920. The predicted molar refractivity (Wildman–Crippen MR) is 97.2 cm³/mol. The zero-order chi connectivity index (χ0) is 19.8. The van der Waals surface area contributed by atoms with Crippen molar-refractivity contribution in [2.24, 2.45) is 5.41 Å². The molecule has 1 N–H and O–H groups in total. The fourth-order valence-corrected chi connectivity index (χ4v) is 2.47. The van der Waals surface area contributed by atoms with Gasteiger partial charge in [-0.1, -0.05) is 26.8 Å². The van der Waals surface area contributed by atoms with Crippen molar-refractivity contribution in [3.05, 3.63) is 53.5 Å². The van der Waals surface area contributed by atoms with Crippen LogP contribution in [-0.2, 0) is 11.2 Å². The monoisotopic (exact) mass is 373 g/mol. The Morgan fingerprint density at radius 2 is 2.04 bits per heavy atom. The van der Waals surface area contributed by atoms with E-state index in [0.717, 1.165) is 12.1 Å². The number of nitrogens with one attached hydrogen (secondary N) is 1. The van der Waals surface area contributed by atoms with Crippen LogP contribution in [0.2, 0.25) is 0 Å². The van der Waals surface area contributed by atoms with Gasteiger partial charge in [0.1, 0.15) is 11.5 Å². The molecule has 1 heterocycles. The molecule has 0 saturated carbocycles. The molecule has 0 radical (unpaired) electrons. The SMILES string of the molecule is C[C@H](NC(=O)C1=CCc2ncc(Oc3ccc(F)cc3F)nc21)C(C)(C)C. The molecule has 0 bridgehead atoms. The van der Waals surface area contributed by atoms with Gasteiger partial charge in [0.25, 0.3) is 5.91 Å². The maximum atomic E-state index is 13.8. The molecule has 1 atom stereocenters. The number of hydrogen-bond donors (Lipinski definition) is 1. The number of nitrogens with zero attached hydrogens (tertiary/aromatic N) is 2. The highest BCUT2D eigenvalue weighted by molar-refractivity contribution is 6.20. The predicted octanol–water partition coefficient (Wildman–Crippen LogP) is 4.04. The van der Waals surface area contributed by atoms with Gasteiger partial charge in [-0.15, -0.1) is 0 Å². The average Bonchev–Trinajstić information content (AvgIpc) is 2.99. The fourth-order valence-electron chi connectivity index (χ4n) is 2.47. The lowest BCUT2D eigenvalue weighted by Gasteiger charge is -2.28. The number of rotatable bonds is 4. The van der Waals surface area contributed by atoms with Crippen LogP contribution in [0.3, 0.4) is 0 Å². The third-order valence-electron chi connectivity index (χ3n) is 4.58. The molecular formula is C20H21F2N3O2. The number of ether oxygens (including phenoxy) is 1. The number of carbonyl (C=O) groups excluding carboxylic acids is 1. The summed E-state index contributed by atoms with van der Waals surface area (Å²) in [5, 5.41) is 2.97.